The second kappa shape index (κ2) is 6.73. The van der Waals surface area contributed by atoms with Crippen LogP contribution in [0.15, 0.2) is 54.6 Å². The molecule has 126 valence electrons. The SMILES string of the molecule is COc1ccc2c(c1)CCc1cc(C(=O)NCc3ccccc3)sc1-2. The number of benzene rings is 2. The summed E-state index contributed by atoms with van der Waals surface area (Å²) >= 11 is 1.58. The molecule has 3 aromatic rings. The van der Waals surface area contributed by atoms with Crippen LogP contribution in [0, 0.1) is 0 Å². The first-order valence-corrected chi connectivity index (χ1v) is 9.18. The van der Waals surface area contributed by atoms with Crippen molar-refractivity contribution in [3.05, 3.63) is 76.2 Å². The number of hydrogen-bond donors (Lipinski definition) is 1. The van der Waals surface area contributed by atoms with Gasteiger partial charge in [0.15, 0.2) is 0 Å². The van der Waals surface area contributed by atoms with Crippen LogP contribution in [-0.4, -0.2) is 13.0 Å². The molecular weight excluding hydrogens is 330 g/mol. The molecule has 0 fully saturated rings. The van der Waals surface area contributed by atoms with E-state index in [4.69, 9.17) is 4.74 Å². The Bertz CT molecular complexity index is 915. The normalized spacial score (nSPS) is 12.2. The molecule has 0 saturated carbocycles. The molecule has 1 heterocycles. The Morgan fingerprint density at radius 2 is 1.88 bits per heavy atom. The minimum atomic E-state index is -0.00156. The van der Waals surface area contributed by atoms with E-state index < -0.39 is 0 Å². The number of carbonyl (C=O) groups excluding carboxylic acids is 1. The van der Waals surface area contributed by atoms with Gasteiger partial charge in [-0.15, -0.1) is 11.3 Å². The molecule has 1 N–H and O–H groups in total. The monoisotopic (exact) mass is 349 g/mol. The van der Waals surface area contributed by atoms with E-state index in [1.54, 1.807) is 18.4 Å². The highest BCUT2D eigenvalue weighted by atomic mass is 32.1. The molecule has 1 amide bonds. The zero-order chi connectivity index (χ0) is 17.2. The number of fused-ring (bicyclic) bond motifs is 3. The predicted octanol–water partition coefficient (Wildman–Crippen LogP) is 4.45. The molecule has 0 aliphatic heterocycles. The Hall–Kier alpha value is -2.59. The molecule has 25 heavy (non-hydrogen) atoms. The number of carbonyl (C=O) groups is 1. The number of ether oxygens (including phenoxy) is 1. The van der Waals surface area contributed by atoms with Crippen molar-refractivity contribution in [2.24, 2.45) is 0 Å². The Kier molecular flexibility index (Phi) is 4.28. The maximum atomic E-state index is 12.5. The third-order valence-electron chi connectivity index (χ3n) is 4.55. The largest absolute Gasteiger partial charge is 0.497 e. The van der Waals surface area contributed by atoms with E-state index in [0.29, 0.717) is 6.54 Å². The Morgan fingerprint density at radius 1 is 1.08 bits per heavy atom. The van der Waals surface area contributed by atoms with Crippen molar-refractivity contribution in [1.29, 1.82) is 0 Å². The molecule has 0 bridgehead atoms. The van der Waals surface area contributed by atoms with E-state index in [-0.39, 0.29) is 5.91 Å². The Morgan fingerprint density at radius 3 is 2.68 bits per heavy atom. The van der Waals surface area contributed by atoms with Crippen molar-refractivity contribution >= 4 is 17.2 Å². The first kappa shape index (κ1) is 15.9. The predicted molar refractivity (Wildman–Crippen MR) is 101 cm³/mol. The average Bonchev–Trinajstić information content (AvgIpc) is 3.11. The lowest BCUT2D eigenvalue weighted by Crippen LogP contribution is -2.21. The number of amides is 1. The van der Waals surface area contributed by atoms with Crippen LogP contribution in [0.3, 0.4) is 0 Å². The third kappa shape index (κ3) is 3.17. The van der Waals surface area contributed by atoms with Crippen LogP contribution in [0.2, 0.25) is 0 Å². The van der Waals surface area contributed by atoms with Crippen molar-refractivity contribution < 1.29 is 9.53 Å². The van der Waals surface area contributed by atoms with E-state index in [1.165, 1.54) is 21.6 Å². The van der Waals surface area contributed by atoms with Crippen molar-refractivity contribution in [2.75, 3.05) is 7.11 Å². The molecule has 1 aliphatic rings. The quantitative estimate of drug-likeness (QED) is 0.755. The van der Waals surface area contributed by atoms with Crippen LogP contribution in [0.5, 0.6) is 5.75 Å². The van der Waals surface area contributed by atoms with Crippen LogP contribution in [-0.2, 0) is 19.4 Å². The van der Waals surface area contributed by atoms with Crippen molar-refractivity contribution in [1.82, 2.24) is 5.32 Å². The van der Waals surface area contributed by atoms with Gasteiger partial charge in [-0.05, 0) is 59.4 Å². The smallest absolute Gasteiger partial charge is 0.261 e. The Balaban J connectivity index is 1.55. The van der Waals surface area contributed by atoms with Crippen molar-refractivity contribution in [2.45, 2.75) is 19.4 Å². The number of hydrogen-bond acceptors (Lipinski definition) is 3. The summed E-state index contributed by atoms with van der Waals surface area (Å²) in [6.07, 6.45) is 1.96. The van der Waals surface area contributed by atoms with Crippen LogP contribution < -0.4 is 10.1 Å². The van der Waals surface area contributed by atoms with E-state index in [0.717, 1.165) is 29.0 Å². The summed E-state index contributed by atoms with van der Waals surface area (Å²) in [5.74, 6) is 0.887. The summed E-state index contributed by atoms with van der Waals surface area (Å²) in [6, 6.07) is 18.2. The fraction of sp³-hybridized carbons (Fsp3) is 0.190. The fourth-order valence-corrected chi connectivity index (χ4v) is 4.40. The number of aryl methyl sites for hydroxylation is 2. The van der Waals surface area contributed by atoms with Gasteiger partial charge in [0, 0.05) is 11.4 Å². The molecule has 0 atom stereocenters. The summed E-state index contributed by atoms with van der Waals surface area (Å²) in [7, 11) is 1.69. The lowest BCUT2D eigenvalue weighted by Gasteiger charge is -2.16. The highest BCUT2D eigenvalue weighted by Gasteiger charge is 2.22. The summed E-state index contributed by atoms with van der Waals surface area (Å²) in [5, 5.41) is 3.02. The molecule has 2 aromatic carbocycles. The van der Waals surface area contributed by atoms with E-state index >= 15 is 0 Å². The summed E-state index contributed by atoms with van der Waals surface area (Å²) in [6.45, 7) is 0.552. The molecule has 4 heteroatoms. The van der Waals surface area contributed by atoms with Gasteiger partial charge < -0.3 is 10.1 Å². The molecule has 0 radical (unpaired) electrons. The van der Waals surface area contributed by atoms with Gasteiger partial charge in [0.1, 0.15) is 5.75 Å². The number of methoxy groups -OCH3 is 1. The van der Waals surface area contributed by atoms with Crippen LogP contribution in [0.1, 0.15) is 26.4 Å². The molecule has 0 spiro atoms. The van der Waals surface area contributed by atoms with E-state index in [2.05, 4.69) is 17.4 Å². The number of thiophene rings is 1. The fourth-order valence-electron chi connectivity index (χ4n) is 3.21. The number of nitrogens with one attached hydrogen (secondary N) is 1. The molecule has 4 rings (SSSR count). The highest BCUT2D eigenvalue weighted by Crippen LogP contribution is 2.40. The average molecular weight is 349 g/mol. The summed E-state index contributed by atoms with van der Waals surface area (Å²) in [5.41, 5.74) is 4.90. The molecule has 0 saturated heterocycles. The highest BCUT2D eigenvalue weighted by molar-refractivity contribution is 7.17. The van der Waals surface area contributed by atoms with Gasteiger partial charge in [-0.1, -0.05) is 30.3 Å². The first-order chi connectivity index (χ1) is 12.2. The second-order valence-electron chi connectivity index (χ2n) is 6.16. The molecule has 1 aromatic heterocycles. The van der Waals surface area contributed by atoms with Gasteiger partial charge in [-0.2, -0.15) is 0 Å². The lowest BCUT2D eigenvalue weighted by atomic mass is 9.91. The van der Waals surface area contributed by atoms with Gasteiger partial charge >= 0.3 is 0 Å². The standard InChI is InChI=1S/C21H19NO2S/c1-24-17-9-10-18-15(11-17)7-8-16-12-19(25-20(16)18)21(23)22-13-14-5-3-2-4-6-14/h2-6,9-12H,7-8,13H2,1H3,(H,22,23). The van der Waals surface area contributed by atoms with Gasteiger partial charge in [-0.3, -0.25) is 4.79 Å². The van der Waals surface area contributed by atoms with E-state index in [9.17, 15) is 4.79 Å². The van der Waals surface area contributed by atoms with Gasteiger partial charge in [-0.25, -0.2) is 0 Å². The maximum absolute atomic E-state index is 12.5. The third-order valence-corrected chi connectivity index (χ3v) is 5.76. The zero-order valence-electron chi connectivity index (χ0n) is 14.0. The topological polar surface area (TPSA) is 38.3 Å². The Labute approximate surface area is 151 Å². The lowest BCUT2D eigenvalue weighted by molar-refractivity contribution is 0.0955. The first-order valence-electron chi connectivity index (χ1n) is 8.37. The molecule has 1 aliphatic carbocycles. The van der Waals surface area contributed by atoms with Gasteiger partial charge in [0.2, 0.25) is 0 Å². The number of rotatable bonds is 4. The molecule has 0 unspecified atom stereocenters. The van der Waals surface area contributed by atoms with Crippen LogP contribution in [0.4, 0.5) is 0 Å². The van der Waals surface area contributed by atoms with Gasteiger partial charge in [0.05, 0.1) is 12.0 Å². The summed E-state index contributed by atoms with van der Waals surface area (Å²) in [4.78, 5) is 14.5. The van der Waals surface area contributed by atoms with Crippen molar-refractivity contribution in [3.8, 4) is 16.2 Å². The van der Waals surface area contributed by atoms with Gasteiger partial charge in [0.25, 0.3) is 5.91 Å². The van der Waals surface area contributed by atoms with Crippen LogP contribution in [0.25, 0.3) is 10.4 Å². The van der Waals surface area contributed by atoms with E-state index in [1.807, 2.05) is 42.5 Å². The zero-order valence-corrected chi connectivity index (χ0v) is 14.9. The minimum absolute atomic E-state index is 0.00156. The second-order valence-corrected chi connectivity index (χ2v) is 7.21. The maximum Gasteiger partial charge on any atom is 0.261 e. The summed E-state index contributed by atoms with van der Waals surface area (Å²) < 4.78 is 5.32. The molecule has 3 nitrogen and oxygen atoms in total. The molecular formula is C21H19NO2S. The van der Waals surface area contributed by atoms with Crippen LogP contribution >= 0.6 is 11.3 Å². The minimum Gasteiger partial charge on any atom is -0.497 e. The van der Waals surface area contributed by atoms with Crippen molar-refractivity contribution in [3.63, 3.8) is 0 Å².